The van der Waals surface area contributed by atoms with E-state index in [1.54, 1.807) is 0 Å². The SMILES string of the molecule is Clc1cccc(N=C(CCCCCCC(=Nc2cccc(Cl)c2)Nc2cccc(Cl)c2)Nc2cccc(Cl)c2)c1. The third kappa shape index (κ3) is 10.5. The van der Waals surface area contributed by atoms with Gasteiger partial charge >= 0.3 is 0 Å². The second kappa shape index (κ2) is 15.7. The molecule has 0 fully saturated rings. The standard InChI is InChI=1S/C32H30Cl4N4/c33-23-9-5-13-27(19-23)37-31(38-28-14-6-10-24(34)20-28)17-3-1-2-4-18-32(39-29-15-7-11-25(35)21-29)40-30-16-8-12-26(36)22-30/h5-16,19-22H,1-4,17-18H2,(H,37,38)(H,39,40). The number of rotatable bonds is 11. The maximum Gasteiger partial charge on any atom is 0.107 e. The molecule has 0 unspecified atom stereocenters. The Morgan fingerprint density at radius 2 is 0.850 bits per heavy atom. The molecule has 4 aromatic carbocycles. The molecule has 4 rings (SSSR count). The molecule has 0 radical (unpaired) electrons. The molecule has 8 heteroatoms. The van der Waals surface area contributed by atoms with Crippen LogP contribution in [0.25, 0.3) is 0 Å². The average Bonchev–Trinajstić information content (AvgIpc) is 2.90. The van der Waals surface area contributed by atoms with Gasteiger partial charge in [0.15, 0.2) is 0 Å². The first-order valence-electron chi connectivity index (χ1n) is 13.1. The number of aliphatic imine (C=N–C) groups is 2. The van der Waals surface area contributed by atoms with Crippen LogP contribution in [-0.2, 0) is 0 Å². The molecule has 0 heterocycles. The van der Waals surface area contributed by atoms with Crippen molar-refractivity contribution in [3.05, 3.63) is 117 Å². The van der Waals surface area contributed by atoms with Gasteiger partial charge in [0.05, 0.1) is 11.4 Å². The summed E-state index contributed by atoms with van der Waals surface area (Å²) in [5.41, 5.74) is 3.43. The van der Waals surface area contributed by atoms with E-state index in [4.69, 9.17) is 56.4 Å². The molecule has 0 spiro atoms. The van der Waals surface area contributed by atoms with E-state index in [9.17, 15) is 0 Å². The fourth-order valence-electron chi connectivity index (χ4n) is 4.10. The van der Waals surface area contributed by atoms with Crippen molar-refractivity contribution in [2.75, 3.05) is 10.6 Å². The Morgan fingerprint density at radius 3 is 1.23 bits per heavy atom. The maximum absolute atomic E-state index is 6.19. The van der Waals surface area contributed by atoms with Gasteiger partial charge in [0, 0.05) is 44.3 Å². The highest BCUT2D eigenvalue weighted by Gasteiger charge is 2.06. The average molecular weight is 612 g/mol. The lowest BCUT2D eigenvalue weighted by molar-refractivity contribution is 0.666. The smallest absolute Gasteiger partial charge is 0.107 e. The molecule has 0 aromatic heterocycles. The second-order valence-electron chi connectivity index (χ2n) is 9.26. The molecule has 2 N–H and O–H groups in total. The van der Waals surface area contributed by atoms with Crippen LogP contribution in [0.1, 0.15) is 38.5 Å². The summed E-state index contributed by atoms with van der Waals surface area (Å²) in [5, 5.41) is 9.53. The molecule has 0 atom stereocenters. The highest BCUT2D eigenvalue weighted by atomic mass is 35.5. The fourth-order valence-corrected chi connectivity index (χ4v) is 4.85. The zero-order chi connectivity index (χ0) is 28.2. The Morgan fingerprint density at radius 1 is 0.475 bits per heavy atom. The van der Waals surface area contributed by atoms with Crippen LogP contribution in [0.4, 0.5) is 22.7 Å². The van der Waals surface area contributed by atoms with Crippen molar-refractivity contribution in [1.29, 1.82) is 0 Å². The zero-order valence-corrected chi connectivity index (χ0v) is 24.9. The minimum atomic E-state index is 0.657. The number of unbranched alkanes of at least 4 members (excludes halogenated alkanes) is 3. The van der Waals surface area contributed by atoms with Crippen molar-refractivity contribution in [2.45, 2.75) is 38.5 Å². The lowest BCUT2D eigenvalue weighted by Gasteiger charge is -2.12. The van der Waals surface area contributed by atoms with Gasteiger partial charge in [0.2, 0.25) is 0 Å². The molecule has 0 aliphatic carbocycles. The highest BCUT2D eigenvalue weighted by molar-refractivity contribution is 6.31. The molecule has 0 saturated carbocycles. The lowest BCUT2D eigenvalue weighted by atomic mass is 10.1. The molecule has 0 amide bonds. The number of halogens is 4. The minimum Gasteiger partial charge on any atom is -0.344 e. The molecular weight excluding hydrogens is 582 g/mol. The number of benzene rings is 4. The summed E-state index contributed by atoms with van der Waals surface area (Å²) in [5.74, 6) is 1.74. The number of hydrogen-bond acceptors (Lipinski definition) is 2. The number of amidine groups is 2. The van der Waals surface area contributed by atoms with E-state index in [1.807, 2.05) is 97.1 Å². The molecule has 0 bridgehead atoms. The lowest BCUT2D eigenvalue weighted by Crippen LogP contribution is -2.12. The molecule has 40 heavy (non-hydrogen) atoms. The largest absolute Gasteiger partial charge is 0.344 e. The van der Waals surface area contributed by atoms with Gasteiger partial charge in [0.25, 0.3) is 0 Å². The van der Waals surface area contributed by atoms with Crippen molar-refractivity contribution in [1.82, 2.24) is 0 Å². The minimum absolute atomic E-state index is 0.657. The van der Waals surface area contributed by atoms with Crippen LogP contribution in [0.15, 0.2) is 107 Å². The third-order valence-corrected chi connectivity index (χ3v) is 6.89. The quantitative estimate of drug-likeness (QED) is 0.101. The van der Waals surface area contributed by atoms with Gasteiger partial charge < -0.3 is 10.6 Å². The summed E-state index contributed by atoms with van der Waals surface area (Å²) in [6, 6.07) is 30.4. The molecule has 206 valence electrons. The van der Waals surface area contributed by atoms with Crippen molar-refractivity contribution in [2.24, 2.45) is 9.98 Å². The second-order valence-corrected chi connectivity index (χ2v) is 11.0. The van der Waals surface area contributed by atoms with Gasteiger partial charge in [-0.05, 0) is 85.6 Å². The summed E-state index contributed by atoms with van der Waals surface area (Å²) in [4.78, 5) is 9.65. The van der Waals surface area contributed by atoms with Gasteiger partial charge in [-0.2, -0.15) is 0 Å². The summed E-state index contributed by atoms with van der Waals surface area (Å²) in [6.45, 7) is 0. The predicted octanol–water partition coefficient (Wildman–Crippen LogP) is 11.6. The van der Waals surface area contributed by atoms with Crippen LogP contribution in [0.5, 0.6) is 0 Å². The number of hydrogen-bond donors (Lipinski definition) is 2. The monoisotopic (exact) mass is 610 g/mol. The Balaban J connectivity index is 1.35. The van der Waals surface area contributed by atoms with Gasteiger partial charge in [-0.15, -0.1) is 0 Å². The van der Waals surface area contributed by atoms with E-state index in [0.29, 0.717) is 20.1 Å². The first kappa shape index (κ1) is 30.0. The summed E-state index contributed by atoms with van der Waals surface area (Å²) >= 11 is 24.7. The molecule has 4 nitrogen and oxygen atoms in total. The van der Waals surface area contributed by atoms with Crippen LogP contribution in [0, 0.1) is 0 Å². The maximum atomic E-state index is 6.19. The number of anilines is 2. The molecule has 0 aliphatic heterocycles. The zero-order valence-electron chi connectivity index (χ0n) is 21.9. The number of nitrogens with one attached hydrogen (secondary N) is 2. The first-order valence-corrected chi connectivity index (χ1v) is 14.7. The molecule has 0 saturated heterocycles. The van der Waals surface area contributed by atoms with Crippen molar-refractivity contribution < 1.29 is 0 Å². The fraction of sp³-hybridized carbons (Fsp3) is 0.188. The topological polar surface area (TPSA) is 48.8 Å². The van der Waals surface area contributed by atoms with Crippen LogP contribution >= 0.6 is 46.4 Å². The van der Waals surface area contributed by atoms with E-state index in [0.717, 1.165) is 72.9 Å². The van der Waals surface area contributed by atoms with Gasteiger partial charge in [-0.25, -0.2) is 9.98 Å². The third-order valence-electron chi connectivity index (χ3n) is 5.95. The van der Waals surface area contributed by atoms with Crippen molar-refractivity contribution in [3.63, 3.8) is 0 Å². The van der Waals surface area contributed by atoms with E-state index in [1.165, 1.54) is 0 Å². The van der Waals surface area contributed by atoms with E-state index in [2.05, 4.69) is 10.6 Å². The molecule has 4 aromatic rings. The van der Waals surface area contributed by atoms with Crippen LogP contribution in [0.2, 0.25) is 20.1 Å². The predicted molar refractivity (Wildman–Crippen MR) is 175 cm³/mol. The van der Waals surface area contributed by atoms with Gasteiger partial charge in [-0.3, -0.25) is 0 Å². The van der Waals surface area contributed by atoms with Gasteiger partial charge in [-0.1, -0.05) is 83.5 Å². The van der Waals surface area contributed by atoms with Crippen LogP contribution in [0.3, 0.4) is 0 Å². The Hall–Kier alpha value is -3.02. The van der Waals surface area contributed by atoms with Crippen LogP contribution in [-0.4, -0.2) is 11.7 Å². The van der Waals surface area contributed by atoms with Gasteiger partial charge in [0.1, 0.15) is 11.7 Å². The normalized spacial score (nSPS) is 11.9. The van der Waals surface area contributed by atoms with E-state index in [-0.39, 0.29) is 0 Å². The summed E-state index contributed by atoms with van der Waals surface area (Å²) < 4.78 is 0. The van der Waals surface area contributed by atoms with Crippen molar-refractivity contribution >= 4 is 80.8 Å². The Labute approximate surface area is 256 Å². The van der Waals surface area contributed by atoms with E-state index >= 15 is 0 Å². The Bertz CT molecular complexity index is 1360. The molecule has 0 aliphatic rings. The summed E-state index contributed by atoms with van der Waals surface area (Å²) in [7, 11) is 0. The number of nitrogens with zero attached hydrogens (tertiary/aromatic N) is 2. The highest BCUT2D eigenvalue weighted by Crippen LogP contribution is 2.23. The Kier molecular flexibility index (Phi) is 11.7. The first-order chi connectivity index (χ1) is 19.4. The van der Waals surface area contributed by atoms with E-state index < -0.39 is 0 Å². The van der Waals surface area contributed by atoms with Crippen molar-refractivity contribution in [3.8, 4) is 0 Å². The summed E-state index contributed by atoms with van der Waals surface area (Å²) in [6.07, 6.45) is 5.65. The molecular formula is C32H30Cl4N4. The van der Waals surface area contributed by atoms with Crippen LogP contribution < -0.4 is 10.6 Å².